The lowest BCUT2D eigenvalue weighted by molar-refractivity contribution is -0.141. The maximum Gasteiger partial charge on any atom is 0.325 e. The minimum atomic E-state index is -1.19. The maximum atomic E-state index is 12.2. The molecule has 126 valence electrons. The highest BCUT2D eigenvalue weighted by molar-refractivity contribution is 5.91. The van der Waals surface area contributed by atoms with Crippen LogP contribution in [0.4, 0.5) is 0 Å². The number of amides is 2. The third-order valence-electron chi connectivity index (χ3n) is 3.18. The van der Waals surface area contributed by atoms with Crippen molar-refractivity contribution in [2.75, 3.05) is 6.61 Å². The third kappa shape index (κ3) is 6.05. The molecule has 2 amide bonds. The zero-order valence-electron chi connectivity index (χ0n) is 12.7. The zero-order valence-corrected chi connectivity index (χ0v) is 12.7. The van der Waals surface area contributed by atoms with Crippen molar-refractivity contribution in [3.8, 4) is 0 Å². The standard InChI is InChI=1S/C15H21N3O5/c1-9(15(22)23)17-14(21)12(18-13(20)11(16)8-19)7-10-5-3-2-4-6-10/h2-6,9,11-12,19H,7-8,16H2,1H3,(H,17,21)(H,18,20)(H,22,23). The molecule has 1 aromatic rings. The topological polar surface area (TPSA) is 142 Å². The SMILES string of the molecule is CC(NC(=O)C(Cc1ccccc1)NC(=O)C(N)CO)C(=O)O. The fourth-order valence-electron chi connectivity index (χ4n) is 1.80. The number of rotatable bonds is 8. The summed E-state index contributed by atoms with van der Waals surface area (Å²) in [6.45, 7) is 0.762. The van der Waals surface area contributed by atoms with Crippen LogP contribution in [-0.2, 0) is 20.8 Å². The van der Waals surface area contributed by atoms with Gasteiger partial charge in [-0.3, -0.25) is 14.4 Å². The van der Waals surface area contributed by atoms with Gasteiger partial charge in [0.05, 0.1) is 6.61 Å². The van der Waals surface area contributed by atoms with E-state index in [0.29, 0.717) is 0 Å². The van der Waals surface area contributed by atoms with Gasteiger partial charge >= 0.3 is 5.97 Å². The Morgan fingerprint density at radius 2 is 1.74 bits per heavy atom. The highest BCUT2D eigenvalue weighted by atomic mass is 16.4. The van der Waals surface area contributed by atoms with E-state index in [1.807, 2.05) is 6.07 Å². The van der Waals surface area contributed by atoms with E-state index < -0.39 is 42.5 Å². The molecule has 0 saturated carbocycles. The van der Waals surface area contributed by atoms with Crippen LogP contribution < -0.4 is 16.4 Å². The van der Waals surface area contributed by atoms with Crippen molar-refractivity contribution in [3.05, 3.63) is 35.9 Å². The highest BCUT2D eigenvalue weighted by Crippen LogP contribution is 2.04. The van der Waals surface area contributed by atoms with Gasteiger partial charge in [0.1, 0.15) is 18.1 Å². The van der Waals surface area contributed by atoms with Gasteiger partial charge in [-0.25, -0.2) is 0 Å². The van der Waals surface area contributed by atoms with Crippen molar-refractivity contribution >= 4 is 17.8 Å². The monoisotopic (exact) mass is 323 g/mol. The summed E-state index contributed by atoms with van der Waals surface area (Å²) >= 11 is 0. The first-order valence-electron chi connectivity index (χ1n) is 7.09. The van der Waals surface area contributed by atoms with Crippen molar-refractivity contribution in [3.63, 3.8) is 0 Å². The van der Waals surface area contributed by atoms with E-state index in [2.05, 4.69) is 10.6 Å². The third-order valence-corrected chi connectivity index (χ3v) is 3.18. The van der Waals surface area contributed by atoms with Gasteiger partial charge in [-0.2, -0.15) is 0 Å². The van der Waals surface area contributed by atoms with E-state index >= 15 is 0 Å². The number of aliphatic hydroxyl groups excluding tert-OH is 1. The van der Waals surface area contributed by atoms with Crippen LogP contribution in [0.5, 0.6) is 0 Å². The van der Waals surface area contributed by atoms with E-state index in [0.717, 1.165) is 5.56 Å². The van der Waals surface area contributed by atoms with Gasteiger partial charge in [0.2, 0.25) is 11.8 Å². The van der Waals surface area contributed by atoms with Crippen LogP contribution in [-0.4, -0.2) is 52.7 Å². The lowest BCUT2D eigenvalue weighted by Crippen LogP contribution is -2.55. The Labute approximate surface area is 133 Å². The van der Waals surface area contributed by atoms with Crippen molar-refractivity contribution in [2.45, 2.75) is 31.5 Å². The van der Waals surface area contributed by atoms with E-state index in [1.54, 1.807) is 24.3 Å². The van der Waals surface area contributed by atoms with Gasteiger partial charge in [-0.15, -0.1) is 0 Å². The smallest absolute Gasteiger partial charge is 0.325 e. The Morgan fingerprint density at radius 3 is 2.26 bits per heavy atom. The van der Waals surface area contributed by atoms with Gasteiger partial charge in [0.25, 0.3) is 0 Å². The van der Waals surface area contributed by atoms with Gasteiger partial charge in [-0.1, -0.05) is 30.3 Å². The number of nitrogens with two attached hydrogens (primary N) is 1. The predicted octanol–water partition coefficient (Wildman–Crippen LogP) is -1.38. The first-order valence-corrected chi connectivity index (χ1v) is 7.09. The fraction of sp³-hybridized carbons (Fsp3) is 0.400. The van der Waals surface area contributed by atoms with E-state index in [9.17, 15) is 14.4 Å². The average Bonchev–Trinajstić information content (AvgIpc) is 2.53. The number of aliphatic carboxylic acids is 1. The molecular weight excluding hydrogens is 302 g/mol. The molecule has 0 bridgehead atoms. The number of hydrogen-bond acceptors (Lipinski definition) is 5. The highest BCUT2D eigenvalue weighted by Gasteiger charge is 2.26. The molecule has 8 heteroatoms. The number of carboxylic acids is 1. The summed E-state index contributed by atoms with van der Waals surface area (Å²) in [5.74, 6) is -2.51. The summed E-state index contributed by atoms with van der Waals surface area (Å²) in [5, 5.41) is 22.5. The summed E-state index contributed by atoms with van der Waals surface area (Å²) < 4.78 is 0. The lowest BCUT2D eigenvalue weighted by atomic mass is 10.0. The quantitative estimate of drug-likeness (QED) is 0.399. The Morgan fingerprint density at radius 1 is 1.13 bits per heavy atom. The number of carboxylic acid groups (broad SMARTS) is 1. The molecule has 0 aromatic heterocycles. The average molecular weight is 323 g/mol. The Kier molecular flexibility index (Phi) is 7.17. The van der Waals surface area contributed by atoms with Gasteiger partial charge in [-0.05, 0) is 12.5 Å². The van der Waals surface area contributed by atoms with E-state index in [1.165, 1.54) is 6.92 Å². The van der Waals surface area contributed by atoms with E-state index in [-0.39, 0.29) is 6.42 Å². The molecule has 23 heavy (non-hydrogen) atoms. The molecule has 0 fully saturated rings. The second kappa shape index (κ2) is 8.86. The van der Waals surface area contributed by atoms with Gasteiger partial charge in [0, 0.05) is 6.42 Å². The molecular formula is C15H21N3O5. The van der Waals surface area contributed by atoms with Crippen molar-refractivity contribution in [1.82, 2.24) is 10.6 Å². The largest absolute Gasteiger partial charge is 0.480 e. The second-order valence-electron chi connectivity index (χ2n) is 5.11. The molecule has 0 aliphatic rings. The Balaban J connectivity index is 2.84. The van der Waals surface area contributed by atoms with Gasteiger partial charge < -0.3 is 26.6 Å². The number of nitrogens with one attached hydrogen (secondary N) is 2. The molecule has 0 aliphatic heterocycles. The summed E-state index contributed by atoms with van der Waals surface area (Å²) in [6, 6.07) is 5.69. The number of carbonyl (C=O) groups is 3. The minimum absolute atomic E-state index is 0.170. The Bertz CT molecular complexity index is 549. The minimum Gasteiger partial charge on any atom is -0.480 e. The number of benzene rings is 1. The summed E-state index contributed by atoms with van der Waals surface area (Å²) in [7, 11) is 0. The molecule has 6 N–H and O–H groups in total. The summed E-state index contributed by atoms with van der Waals surface area (Å²) in [5.41, 5.74) is 6.21. The lowest BCUT2D eigenvalue weighted by Gasteiger charge is -2.21. The molecule has 1 rings (SSSR count). The molecule has 0 spiro atoms. The van der Waals surface area contributed by atoms with E-state index in [4.69, 9.17) is 15.9 Å². The van der Waals surface area contributed by atoms with Crippen LogP contribution in [0.25, 0.3) is 0 Å². The first-order chi connectivity index (χ1) is 10.8. The molecule has 3 unspecified atom stereocenters. The van der Waals surface area contributed by atoms with Crippen molar-refractivity contribution < 1.29 is 24.6 Å². The van der Waals surface area contributed by atoms with Crippen molar-refractivity contribution in [1.29, 1.82) is 0 Å². The molecule has 0 saturated heterocycles. The molecule has 1 aromatic carbocycles. The molecule has 0 radical (unpaired) electrons. The van der Waals surface area contributed by atoms with Crippen LogP contribution in [0.15, 0.2) is 30.3 Å². The van der Waals surface area contributed by atoms with Gasteiger partial charge in [0.15, 0.2) is 0 Å². The summed E-state index contributed by atoms with van der Waals surface area (Å²) in [4.78, 5) is 34.9. The van der Waals surface area contributed by atoms with Crippen LogP contribution in [0.3, 0.4) is 0 Å². The second-order valence-corrected chi connectivity index (χ2v) is 5.11. The predicted molar refractivity (Wildman–Crippen MR) is 82.4 cm³/mol. The van der Waals surface area contributed by atoms with Crippen LogP contribution >= 0.6 is 0 Å². The normalized spacial score (nSPS) is 14.4. The first kappa shape index (κ1) is 18.6. The van der Waals surface area contributed by atoms with Crippen LogP contribution in [0.1, 0.15) is 12.5 Å². The fourth-order valence-corrected chi connectivity index (χ4v) is 1.80. The molecule has 3 atom stereocenters. The maximum absolute atomic E-state index is 12.2. The molecule has 0 heterocycles. The van der Waals surface area contributed by atoms with Crippen molar-refractivity contribution in [2.24, 2.45) is 5.73 Å². The molecule has 8 nitrogen and oxygen atoms in total. The number of aliphatic hydroxyl groups is 1. The molecule has 0 aliphatic carbocycles. The van der Waals surface area contributed by atoms with Crippen LogP contribution in [0, 0.1) is 0 Å². The number of hydrogen-bond donors (Lipinski definition) is 5. The zero-order chi connectivity index (χ0) is 17.4. The van der Waals surface area contributed by atoms with Crippen LogP contribution in [0.2, 0.25) is 0 Å². The Hall–Kier alpha value is -2.45. The summed E-state index contributed by atoms with van der Waals surface area (Å²) in [6.07, 6.45) is 0.170. The number of carbonyl (C=O) groups excluding carboxylic acids is 2.